The van der Waals surface area contributed by atoms with Crippen LogP contribution in [-0.4, -0.2) is 47.0 Å². The first-order chi connectivity index (χ1) is 8.06. The molecule has 0 aromatic carbocycles. The molecule has 6 nitrogen and oxygen atoms in total. The van der Waals surface area contributed by atoms with Gasteiger partial charge in [-0.05, 0) is 19.2 Å². The number of nitrogens with one attached hydrogen (secondary N) is 1. The summed E-state index contributed by atoms with van der Waals surface area (Å²) in [5, 5.41) is 11.3. The number of likely N-dealkylation sites (N-methyl/N-ethyl adjacent to an activating group) is 2. The third-order valence-corrected chi connectivity index (χ3v) is 2.28. The normalized spacial score (nSPS) is 11.9. The predicted octanol–water partition coefficient (Wildman–Crippen LogP) is -0.287. The fourth-order valence-corrected chi connectivity index (χ4v) is 1.39. The minimum absolute atomic E-state index is 0.283. The van der Waals surface area contributed by atoms with Crippen molar-refractivity contribution in [2.24, 2.45) is 0 Å². The molecule has 1 unspecified atom stereocenters. The summed E-state index contributed by atoms with van der Waals surface area (Å²) in [4.78, 5) is 28.0. The highest BCUT2D eigenvalue weighted by molar-refractivity contribution is 6.00. The highest BCUT2D eigenvalue weighted by Crippen LogP contribution is 2.01. The average molecular weight is 237 g/mol. The molecule has 1 amide bonds. The van der Waals surface area contributed by atoms with Crippen LogP contribution in [0.4, 0.5) is 0 Å². The van der Waals surface area contributed by atoms with Gasteiger partial charge in [-0.15, -0.1) is 0 Å². The van der Waals surface area contributed by atoms with Crippen LogP contribution >= 0.6 is 0 Å². The van der Waals surface area contributed by atoms with Crippen LogP contribution in [0.3, 0.4) is 0 Å². The van der Waals surface area contributed by atoms with E-state index in [0.29, 0.717) is 5.69 Å². The van der Waals surface area contributed by atoms with E-state index in [1.165, 1.54) is 11.9 Å². The van der Waals surface area contributed by atoms with Crippen molar-refractivity contribution in [3.05, 3.63) is 30.1 Å². The van der Waals surface area contributed by atoms with Crippen LogP contribution in [0, 0.1) is 0 Å². The Labute approximate surface area is 99.3 Å². The summed E-state index contributed by atoms with van der Waals surface area (Å²) >= 11 is 0. The number of aromatic nitrogens is 1. The molecule has 2 N–H and O–H groups in total. The van der Waals surface area contributed by atoms with Crippen LogP contribution in [0.2, 0.25) is 0 Å². The second kappa shape index (κ2) is 5.95. The number of carboxylic acids is 1. The molecule has 0 saturated carbocycles. The quantitative estimate of drug-likeness (QED) is 0.688. The molecule has 0 aliphatic rings. The molecule has 1 aromatic heterocycles. The van der Waals surface area contributed by atoms with Crippen LogP contribution in [-0.2, 0) is 16.1 Å². The summed E-state index contributed by atoms with van der Waals surface area (Å²) in [6.45, 7) is 0.283. The molecule has 1 rings (SSSR count). The summed E-state index contributed by atoms with van der Waals surface area (Å²) in [6.07, 6.45) is 1.63. The van der Waals surface area contributed by atoms with E-state index in [2.05, 4.69) is 10.3 Å². The van der Waals surface area contributed by atoms with Gasteiger partial charge in [0.2, 0.25) is 0 Å². The molecule has 0 bridgehead atoms. The van der Waals surface area contributed by atoms with E-state index < -0.39 is 17.9 Å². The van der Waals surface area contributed by atoms with Gasteiger partial charge in [0.15, 0.2) is 6.04 Å². The molecule has 0 spiro atoms. The van der Waals surface area contributed by atoms with Crippen LogP contribution in [0.1, 0.15) is 5.69 Å². The number of carbonyl (C=O) groups is 2. The molecule has 17 heavy (non-hydrogen) atoms. The van der Waals surface area contributed by atoms with Crippen molar-refractivity contribution < 1.29 is 14.7 Å². The van der Waals surface area contributed by atoms with E-state index >= 15 is 0 Å². The lowest BCUT2D eigenvalue weighted by molar-refractivity contribution is -0.147. The van der Waals surface area contributed by atoms with Crippen molar-refractivity contribution in [3.8, 4) is 0 Å². The minimum atomic E-state index is -1.22. The van der Waals surface area contributed by atoms with Gasteiger partial charge < -0.3 is 10.0 Å². The zero-order valence-corrected chi connectivity index (χ0v) is 9.75. The molecule has 0 aliphatic heterocycles. The van der Waals surface area contributed by atoms with E-state index in [1.807, 2.05) is 6.07 Å². The van der Waals surface area contributed by atoms with Gasteiger partial charge in [-0.3, -0.25) is 15.1 Å². The lowest BCUT2D eigenvalue weighted by atomic mass is 10.2. The van der Waals surface area contributed by atoms with Crippen molar-refractivity contribution in [3.63, 3.8) is 0 Å². The zero-order chi connectivity index (χ0) is 12.8. The maximum Gasteiger partial charge on any atom is 0.330 e. The number of carboxylic acid groups (broad SMARTS) is 1. The molecule has 1 atom stereocenters. The summed E-state index contributed by atoms with van der Waals surface area (Å²) < 4.78 is 0. The summed E-state index contributed by atoms with van der Waals surface area (Å²) in [5.74, 6) is -1.68. The summed E-state index contributed by atoms with van der Waals surface area (Å²) in [6, 6.07) is 4.15. The lowest BCUT2D eigenvalue weighted by Crippen LogP contribution is -2.48. The third-order valence-electron chi connectivity index (χ3n) is 2.28. The van der Waals surface area contributed by atoms with E-state index in [0.717, 1.165) is 0 Å². The van der Waals surface area contributed by atoms with Crippen LogP contribution in [0.25, 0.3) is 0 Å². The Morgan fingerprint density at radius 1 is 1.53 bits per heavy atom. The Hall–Kier alpha value is -1.95. The van der Waals surface area contributed by atoms with Crippen molar-refractivity contribution >= 4 is 11.9 Å². The maximum atomic E-state index is 11.8. The fourth-order valence-electron chi connectivity index (χ4n) is 1.39. The summed E-state index contributed by atoms with van der Waals surface area (Å²) in [5.41, 5.74) is 0.712. The Balaban J connectivity index is 2.67. The lowest BCUT2D eigenvalue weighted by Gasteiger charge is -2.20. The first kappa shape index (κ1) is 13.1. The van der Waals surface area contributed by atoms with Crippen LogP contribution in [0.15, 0.2) is 24.4 Å². The van der Waals surface area contributed by atoms with Gasteiger partial charge in [-0.2, -0.15) is 0 Å². The average Bonchev–Trinajstić information content (AvgIpc) is 2.30. The zero-order valence-electron chi connectivity index (χ0n) is 9.75. The van der Waals surface area contributed by atoms with Gasteiger partial charge in [0, 0.05) is 13.2 Å². The first-order valence-corrected chi connectivity index (χ1v) is 5.11. The minimum Gasteiger partial charge on any atom is -0.480 e. The van der Waals surface area contributed by atoms with E-state index in [4.69, 9.17) is 5.11 Å². The molecule has 0 aliphatic carbocycles. The van der Waals surface area contributed by atoms with Crippen molar-refractivity contribution in [2.45, 2.75) is 12.6 Å². The monoisotopic (exact) mass is 237 g/mol. The Morgan fingerprint density at radius 2 is 2.24 bits per heavy atom. The standard InChI is InChI=1S/C11H15N3O3/c1-12-9(11(16)17)10(15)14(2)7-8-5-3-4-6-13-8/h3-6,9,12H,7H2,1-2H3,(H,16,17). The number of carbonyl (C=O) groups excluding carboxylic acids is 1. The van der Waals surface area contributed by atoms with Crippen molar-refractivity contribution in [1.29, 1.82) is 0 Å². The number of hydrogen-bond acceptors (Lipinski definition) is 4. The van der Waals surface area contributed by atoms with Crippen molar-refractivity contribution in [2.75, 3.05) is 14.1 Å². The first-order valence-electron chi connectivity index (χ1n) is 5.11. The Bertz CT molecular complexity index is 394. The fraction of sp³-hybridized carbons (Fsp3) is 0.364. The Morgan fingerprint density at radius 3 is 2.71 bits per heavy atom. The van der Waals surface area contributed by atoms with Gasteiger partial charge in [0.25, 0.3) is 5.91 Å². The molecule has 1 aromatic rings. The maximum absolute atomic E-state index is 11.8. The van der Waals surface area contributed by atoms with Crippen LogP contribution in [0.5, 0.6) is 0 Å². The highest BCUT2D eigenvalue weighted by Gasteiger charge is 2.27. The number of nitrogens with zero attached hydrogens (tertiary/aromatic N) is 2. The number of pyridine rings is 1. The van der Waals surface area contributed by atoms with Gasteiger partial charge in [0.1, 0.15) is 0 Å². The second-order valence-electron chi connectivity index (χ2n) is 3.58. The van der Waals surface area contributed by atoms with Crippen molar-refractivity contribution in [1.82, 2.24) is 15.2 Å². The SMILES string of the molecule is CNC(C(=O)O)C(=O)N(C)Cc1ccccn1. The molecule has 92 valence electrons. The number of amides is 1. The largest absolute Gasteiger partial charge is 0.480 e. The highest BCUT2D eigenvalue weighted by atomic mass is 16.4. The Kier molecular flexibility index (Phi) is 4.59. The number of rotatable bonds is 5. The molecule has 0 radical (unpaired) electrons. The third kappa shape index (κ3) is 3.53. The predicted molar refractivity (Wildman–Crippen MR) is 61.2 cm³/mol. The second-order valence-corrected chi connectivity index (χ2v) is 3.58. The van der Waals surface area contributed by atoms with Crippen LogP contribution < -0.4 is 5.32 Å². The summed E-state index contributed by atoms with van der Waals surface area (Å²) in [7, 11) is 2.98. The molecule has 0 saturated heterocycles. The number of aliphatic carboxylic acids is 1. The topological polar surface area (TPSA) is 82.5 Å². The van der Waals surface area contributed by atoms with Gasteiger partial charge in [0.05, 0.1) is 12.2 Å². The van der Waals surface area contributed by atoms with E-state index in [-0.39, 0.29) is 6.54 Å². The van der Waals surface area contributed by atoms with Gasteiger partial charge in [-0.25, -0.2) is 4.79 Å². The molecule has 1 heterocycles. The molecule has 6 heteroatoms. The molecule has 0 fully saturated rings. The number of hydrogen-bond donors (Lipinski definition) is 2. The van der Waals surface area contributed by atoms with E-state index in [9.17, 15) is 9.59 Å². The van der Waals surface area contributed by atoms with Gasteiger partial charge >= 0.3 is 5.97 Å². The van der Waals surface area contributed by atoms with Gasteiger partial charge in [-0.1, -0.05) is 6.07 Å². The smallest absolute Gasteiger partial charge is 0.330 e. The van der Waals surface area contributed by atoms with E-state index in [1.54, 1.807) is 25.4 Å². The molecular weight excluding hydrogens is 222 g/mol. The molecular formula is C11H15N3O3.